The van der Waals surface area contributed by atoms with Crippen LogP contribution in [0.15, 0.2) is 23.8 Å². The maximum atomic E-state index is 8.78. The standard InChI is InChI=1S/C18H30O.CH4O/c1-15-12-13-16-9-6-7-11-18(16)17(15)10-5-3-2-4-8-14-19;1-2/h9,12-13,15,17-19H,2-8,10-11,14H2,1H3;2H,1H3/t15?,17-,18?;/m0./s1. The summed E-state index contributed by atoms with van der Waals surface area (Å²) in [5, 5.41) is 15.8. The lowest BCUT2D eigenvalue weighted by Crippen LogP contribution is -2.27. The number of aliphatic hydroxyl groups is 2. The molecule has 2 nitrogen and oxygen atoms in total. The molecule has 0 bridgehead atoms. The summed E-state index contributed by atoms with van der Waals surface area (Å²) < 4.78 is 0. The zero-order chi connectivity index (χ0) is 15.5. The lowest BCUT2D eigenvalue weighted by atomic mass is 9.68. The molecule has 21 heavy (non-hydrogen) atoms. The van der Waals surface area contributed by atoms with Crippen LogP contribution in [-0.4, -0.2) is 23.9 Å². The first kappa shape index (κ1) is 18.4. The summed E-state index contributed by atoms with van der Waals surface area (Å²) in [6.07, 6.45) is 19.0. The molecule has 2 N–H and O–H groups in total. The Morgan fingerprint density at radius 2 is 1.81 bits per heavy atom. The van der Waals surface area contributed by atoms with Gasteiger partial charge in [-0.25, -0.2) is 0 Å². The number of hydrogen-bond donors (Lipinski definition) is 2. The van der Waals surface area contributed by atoms with Crippen LogP contribution in [0.3, 0.4) is 0 Å². The highest BCUT2D eigenvalue weighted by molar-refractivity contribution is 5.28. The highest BCUT2D eigenvalue weighted by atomic mass is 16.3. The molecule has 0 radical (unpaired) electrons. The molecule has 0 saturated carbocycles. The molecule has 0 aromatic carbocycles. The van der Waals surface area contributed by atoms with E-state index in [9.17, 15) is 0 Å². The normalized spacial score (nSPS) is 27.4. The first-order chi connectivity index (χ1) is 10.3. The van der Waals surface area contributed by atoms with E-state index in [1.807, 2.05) is 0 Å². The topological polar surface area (TPSA) is 40.5 Å². The molecule has 2 aliphatic rings. The van der Waals surface area contributed by atoms with Crippen molar-refractivity contribution >= 4 is 0 Å². The summed E-state index contributed by atoms with van der Waals surface area (Å²) in [6, 6.07) is 0. The minimum Gasteiger partial charge on any atom is -0.400 e. The minimum atomic E-state index is 0.362. The van der Waals surface area contributed by atoms with E-state index in [1.165, 1.54) is 51.4 Å². The Morgan fingerprint density at radius 1 is 1.10 bits per heavy atom. The Hall–Kier alpha value is -0.600. The van der Waals surface area contributed by atoms with Gasteiger partial charge in [0.15, 0.2) is 0 Å². The lowest BCUT2D eigenvalue weighted by molar-refractivity contribution is 0.250. The Kier molecular flexibility index (Phi) is 9.69. The lowest BCUT2D eigenvalue weighted by Gasteiger charge is -2.37. The summed E-state index contributed by atoms with van der Waals surface area (Å²) in [4.78, 5) is 0. The number of unbranched alkanes of at least 4 members (excludes halogenated alkanes) is 4. The van der Waals surface area contributed by atoms with Crippen molar-refractivity contribution in [2.45, 2.75) is 64.7 Å². The summed E-state index contributed by atoms with van der Waals surface area (Å²) in [5.74, 6) is 2.50. The molecule has 2 aliphatic carbocycles. The fourth-order valence-corrected chi connectivity index (χ4v) is 3.84. The van der Waals surface area contributed by atoms with Crippen LogP contribution < -0.4 is 0 Å². The van der Waals surface area contributed by atoms with Gasteiger partial charge in [0.2, 0.25) is 0 Å². The van der Waals surface area contributed by atoms with Crippen molar-refractivity contribution in [2.75, 3.05) is 13.7 Å². The van der Waals surface area contributed by atoms with E-state index in [2.05, 4.69) is 25.2 Å². The van der Waals surface area contributed by atoms with Gasteiger partial charge in [-0.15, -0.1) is 0 Å². The average Bonchev–Trinajstić information content (AvgIpc) is 2.54. The first-order valence-electron chi connectivity index (χ1n) is 8.76. The predicted molar refractivity (Wildman–Crippen MR) is 90.1 cm³/mol. The molecule has 3 atom stereocenters. The van der Waals surface area contributed by atoms with E-state index < -0.39 is 0 Å². The smallest absolute Gasteiger partial charge is 0.0431 e. The number of rotatable bonds is 7. The highest BCUT2D eigenvalue weighted by Gasteiger charge is 2.31. The van der Waals surface area contributed by atoms with Crippen LogP contribution in [0.1, 0.15) is 64.7 Å². The predicted octanol–water partition coefficient (Wildman–Crippen LogP) is 4.48. The molecule has 2 rings (SSSR count). The van der Waals surface area contributed by atoms with Gasteiger partial charge in [-0.2, -0.15) is 0 Å². The molecule has 0 amide bonds. The summed E-state index contributed by atoms with van der Waals surface area (Å²) in [7, 11) is 1.00. The second-order valence-electron chi connectivity index (χ2n) is 6.40. The van der Waals surface area contributed by atoms with Crippen molar-refractivity contribution < 1.29 is 10.2 Å². The minimum absolute atomic E-state index is 0.362. The third-order valence-corrected chi connectivity index (χ3v) is 5.01. The molecule has 0 saturated heterocycles. The largest absolute Gasteiger partial charge is 0.400 e. The number of fused-ring (bicyclic) bond motifs is 1. The fraction of sp³-hybridized carbons (Fsp3) is 0.789. The van der Waals surface area contributed by atoms with E-state index >= 15 is 0 Å². The van der Waals surface area contributed by atoms with Crippen LogP contribution in [0.4, 0.5) is 0 Å². The van der Waals surface area contributed by atoms with Gasteiger partial charge < -0.3 is 10.2 Å². The third kappa shape index (κ3) is 5.96. The Bertz CT molecular complexity index is 320. The van der Waals surface area contributed by atoms with Gasteiger partial charge >= 0.3 is 0 Å². The van der Waals surface area contributed by atoms with E-state index in [0.717, 1.165) is 31.3 Å². The van der Waals surface area contributed by atoms with Crippen LogP contribution in [0.5, 0.6) is 0 Å². The van der Waals surface area contributed by atoms with Crippen LogP contribution >= 0.6 is 0 Å². The van der Waals surface area contributed by atoms with Crippen molar-refractivity contribution in [3.05, 3.63) is 23.8 Å². The van der Waals surface area contributed by atoms with Gasteiger partial charge in [0.05, 0.1) is 0 Å². The van der Waals surface area contributed by atoms with E-state index in [0.29, 0.717) is 6.61 Å². The van der Waals surface area contributed by atoms with Gasteiger partial charge in [-0.1, -0.05) is 50.8 Å². The van der Waals surface area contributed by atoms with Crippen LogP contribution in [0, 0.1) is 17.8 Å². The Labute approximate surface area is 131 Å². The maximum Gasteiger partial charge on any atom is 0.0431 e. The quantitative estimate of drug-likeness (QED) is 0.680. The SMILES string of the molecule is CC1C=CC2=CCCCC2[C@H]1CCCCCCCO.CO. The number of hydrogen-bond acceptors (Lipinski definition) is 2. The van der Waals surface area contributed by atoms with Gasteiger partial charge in [0, 0.05) is 13.7 Å². The van der Waals surface area contributed by atoms with Crippen molar-refractivity contribution in [2.24, 2.45) is 17.8 Å². The molecule has 0 aromatic heterocycles. The molecule has 122 valence electrons. The van der Waals surface area contributed by atoms with Crippen molar-refractivity contribution in [3.8, 4) is 0 Å². The zero-order valence-electron chi connectivity index (χ0n) is 13.9. The maximum absolute atomic E-state index is 8.78. The molecule has 0 aliphatic heterocycles. The molecule has 2 unspecified atom stereocenters. The molecule has 0 aromatic rings. The first-order valence-corrected chi connectivity index (χ1v) is 8.76. The molecular formula is C19H34O2. The van der Waals surface area contributed by atoms with Crippen LogP contribution in [-0.2, 0) is 0 Å². The number of aliphatic hydroxyl groups excluding tert-OH is 2. The third-order valence-electron chi connectivity index (χ3n) is 5.01. The number of allylic oxidation sites excluding steroid dienone is 4. The molecule has 0 heterocycles. The van der Waals surface area contributed by atoms with Crippen LogP contribution in [0.25, 0.3) is 0 Å². The fourth-order valence-electron chi connectivity index (χ4n) is 3.84. The molecular weight excluding hydrogens is 260 g/mol. The second kappa shape index (κ2) is 11.0. The zero-order valence-corrected chi connectivity index (χ0v) is 13.9. The average molecular weight is 294 g/mol. The van der Waals surface area contributed by atoms with E-state index in [4.69, 9.17) is 10.2 Å². The monoisotopic (exact) mass is 294 g/mol. The van der Waals surface area contributed by atoms with Gasteiger partial charge in [0.25, 0.3) is 0 Å². The Morgan fingerprint density at radius 3 is 2.57 bits per heavy atom. The van der Waals surface area contributed by atoms with Crippen molar-refractivity contribution in [3.63, 3.8) is 0 Å². The van der Waals surface area contributed by atoms with E-state index in [1.54, 1.807) is 5.57 Å². The molecule has 2 heteroatoms. The van der Waals surface area contributed by atoms with Crippen molar-refractivity contribution in [1.82, 2.24) is 0 Å². The molecule has 0 spiro atoms. The second-order valence-corrected chi connectivity index (χ2v) is 6.40. The van der Waals surface area contributed by atoms with E-state index in [-0.39, 0.29) is 0 Å². The highest BCUT2D eigenvalue weighted by Crippen LogP contribution is 2.42. The van der Waals surface area contributed by atoms with Gasteiger partial charge in [-0.05, 0) is 55.4 Å². The molecule has 0 fully saturated rings. The summed E-state index contributed by atoms with van der Waals surface area (Å²) >= 11 is 0. The van der Waals surface area contributed by atoms with Crippen molar-refractivity contribution in [1.29, 1.82) is 0 Å². The van der Waals surface area contributed by atoms with Crippen LogP contribution in [0.2, 0.25) is 0 Å². The Balaban J connectivity index is 0.00000106. The van der Waals surface area contributed by atoms with Gasteiger partial charge in [0.1, 0.15) is 0 Å². The summed E-state index contributed by atoms with van der Waals surface area (Å²) in [5.41, 5.74) is 1.63. The summed E-state index contributed by atoms with van der Waals surface area (Å²) in [6.45, 7) is 2.76. The van der Waals surface area contributed by atoms with Gasteiger partial charge in [-0.3, -0.25) is 0 Å².